The van der Waals surface area contributed by atoms with Crippen molar-refractivity contribution in [3.63, 3.8) is 0 Å². The Labute approximate surface area is 69.3 Å². The van der Waals surface area contributed by atoms with Crippen LogP contribution >= 0.6 is 0 Å². The topological polar surface area (TPSA) is 63.3 Å². The normalized spacial score (nSPS) is 51.9. The third-order valence-corrected chi connectivity index (χ3v) is 2.36. The van der Waals surface area contributed by atoms with Gasteiger partial charge >= 0.3 is 5.72 Å². The molecule has 5 heteroatoms. The van der Waals surface area contributed by atoms with Crippen molar-refractivity contribution in [2.24, 2.45) is 0 Å². The molecule has 2 heterocycles. The molecule has 0 aromatic carbocycles. The molecular formula is C7H10NO4+. The fourth-order valence-corrected chi connectivity index (χ4v) is 1.69. The average Bonchev–Trinajstić information content (AvgIpc) is 2.55. The number of nitrogens with zero attached hydrogens (tertiary/aromatic N) is 1. The molecular weight excluding hydrogens is 162 g/mol. The average molecular weight is 172 g/mol. The van der Waals surface area contributed by atoms with Gasteiger partial charge in [-0.3, -0.25) is 4.74 Å². The van der Waals surface area contributed by atoms with Gasteiger partial charge in [-0.15, -0.1) is 0 Å². The first-order valence-electron chi connectivity index (χ1n) is 3.74. The molecule has 2 fully saturated rings. The fourth-order valence-electron chi connectivity index (χ4n) is 1.69. The van der Waals surface area contributed by atoms with Crippen LogP contribution in [0.2, 0.25) is 0 Å². The standard InChI is InChI=1S/C7H10NO4/c1-8-7-5(10)3-11-6(7)4(9)2-12-7/h1,4-6,9-10H,2-3H2/q+1/t4-,5-,6+,7-/m0/s1. The maximum Gasteiger partial charge on any atom is 0.441 e. The van der Waals surface area contributed by atoms with E-state index in [1.54, 1.807) is 0 Å². The van der Waals surface area contributed by atoms with Crippen molar-refractivity contribution in [3.8, 4) is 6.57 Å². The Morgan fingerprint density at radius 1 is 1.42 bits per heavy atom. The molecule has 0 spiro atoms. The molecule has 0 aliphatic carbocycles. The molecule has 66 valence electrons. The van der Waals surface area contributed by atoms with Crippen molar-refractivity contribution in [2.45, 2.75) is 24.0 Å². The SMILES string of the molecule is C#[N+][C@@]12OC[C@H](O)[C@H]1OC[C@@H]2O. The molecule has 2 aliphatic heterocycles. The fraction of sp³-hybridized carbons (Fsp3) is 0.857. The summed E-state index contributed by atoms with van der Waals surface area (Å²) in [4.78, 5) is 3.46. The highest BCUT2D eigenvalue weighted by Gasteiger charge is 2.69. The number of rotatable bonds is 0. The lowest BCUT2D eigenvalue weighted by molar-refractivity contribution is -0.0417. The van der Waals surface area contributed by atoms with Crippen LogP contribution in [0, 0.1) is 6.57 Å². The summed E-state index contributed by atoms with van der Waals surface area (Å²) in [5.41, 5.74) is -1.24. The molecule has 2 rings (SSSR count). The van der Waals surface area contributed by atoms with Crippen molar-refractivity contribution < 1.29 is 19.7 Å². The molecule has 0 saturated carbocycles. The summed E-state index contributed by atoms with van der Waals surface area (Å²) in [7, 11) is 0. The lowest BCUT2D eigenvalue weighted by Gasteiger charge is -2.11. The highest BCUT2D eigenvalue weighted by atomic mass is 16.6. The maximum absolute atomic E-state index is 9.43. The summed E-state index contributed by atoms with van der Waals surface area (Å²) in [6.07, 6.45) is -2.27. The van der Waals surface area contributed by atoms with Crippen molar-refractivity contribution in [3.05, 3.63) is 4.85 Å². The Bertz CT molecular complexity index is 238. The molecule has 2 saturated heterocycles. The van der Waals surface area contributed by atoms with Crippen LogP contribution in [0.15, 0.2) is 0 Å². The van der Waals surface area contributed by atoms with Crippen molar-refractivity contribution in [1.29, 1.82) is 0 Å². The monoisotopic (exact) mass is 172 g/mol. The van der Waals surface area contributed by atoms with Crippen LogP contribution in [-0.2, 0) is 9.47 Å². The number of hydrogen-bond acceptors (Lipinski definition) is 4. The van der Waals surface area contributed by atoms with Gasteiger partial charge in [0.05, 0.1) is 13.2 Å². The van der Waals surface area contributed by atoms with Gasteiger partial charge in [-0.2, -0.15) is 0 Å². The number of ether oxygens (including phenoxy) is 2. The van der Waals surface area contributed by atoms with E-state index in [1.807, 2.05) is 0 Å². The van der Waals surface area contributed by atoms with Gasteiger partial charge < -0.3 is 14.9 Å². The van der Waals surface area contributed by atoms with Crippen molar-refractivity contribution in [1.82, 2.24) is 0 Å². The number of aliphatic hydroxyl groups is 2. The van der Waals surface area contributed by atoms with Gasteiger partial charge in [0, 0.05) is 0 Å². The third-order valence-electron chi connectivity index (χ3n) is 2.36. The van der Waals surface area contributed by atoms with Crippen LogP contribution in [0.1, 0.15) is 0 Å². The molecule has 0 aromatic heterocycles. The van der Waals surface area contributed by atoms with Crippen LogP contribution < -0.4 is 0 Å². The number of aliphatic hydroxyl groups excluding tert-OH is 2. The van der Waals surface area contributed by atoms with Crippen molar-refractivity contribution >= 4 is 0 Å². The quantitative estimate of drug-likeness (QED) is 0.481. The largest absolute Gasteiger partial charge is 0.441 e. The van der Waals surface area contributed by atoms with Gasteiger partial charge in [-0.25, -0.2) is 0 Å². The van der Waals surface area contributed by atoms with E-state index in [0.29, 0.717) is 0 Å². The highest BCUT2D eigenvalue weighted by Crippen LogP contribution is 2.38. The smallest absolute Gasteiger partial charge is 0.388 e. The second-order valence-corrected chi connectivity index (χ2v) is 3.03. The molecule has 0 amide bonds. The molecule has 2 aliphatic rings. The zero-order valence-corrected chi connectivity index (χ0v) is 6.38. The van der Waals surface area contributed by atoms with Crippen LogP contribution in [0.3, 0.4) is 0 Å². The van der Waals surface area contributed by atoms with Crippen molar-refractivity contribution in [2.75, 3.05) is 13.2 Å². The zero-order valence-electron chi connectivity index (χ0n) is 6.38. The Balaban J connectivity index is 2.32. The van der Waals surface area contributed by atoms with E-state index < -0.39 is 24.0 Å². The summed E-state index contributed by atoms with van der Waals surface area (Å²) in [6.45, 7) is 5.31. The Kier molecular flexibility index (Phi) is 1.59. The summed E-state index contributed by atoms with van der Waals surface area (Å²) in [5.74, 6) is 0. The first-order valence-corrected chi connectivity index (χ1v) is 3.74. The molecule has 0 unspecified atom stereocenters. The summed E-state index contributed by atoms with van der Waals surface area (Å²) in [6, 6.07) is 0. The van der Waals surface area contributed by atoms with Gasteiger partial charge in [-0.1, -0.05) is 0 Å². The van der Waals surface area contributed by atoms with E-state index in [2.05, 4.69) is 4.85 Å². The van der Waals surface area contributed by atoms with Crippen LogP contribution in [0.25, 0.3) is 4.85 Å². The number of hydrogen-bond donors (Lipinski definition) is 2. The molecule has 0 radical (unpaired) electrons. The second kappa shape index (κ2) is 2.41. The van der Waals surface area contributed by atoms with E-state index in [4.69, 9.17) is 16.0 Å². The first-order chi connectivity index (χ1) is 5.70. The lowest BCUT2D eigenvalue weighted by atomic mass is 10.0. The molecule has 2 N–H and O–H groups in total. The van der Waals surface area contributed by atoms with Gasteiger partial charge in [0.2, 0.25) is 0 Å². The summed E-state index contributed by atoms with van der Waals surface area (Å²) in [5, 5.41) is 18.8. The van der Waals surface area contributed by atoms with Gasteiger partial charge in [0.25, 0.3) is 6.57 Å². The summed E-state index contributed by atoms with van der Waals surface area (Å²) >= 11 is 0. The van der Waals surface area contributed by atoms with Crippen LogP contribution in [-0.4, -0.2) is 47.5 Å². The predicted octanol–water partition coefficient (Wildman–Crippen LogP) is -1.20. The molecule has 0 aromatic rings. The Morgan fingerprint density at radius 2 is 2.17 bits per heavy atom. The first kappa shape index (κ1) is 7.95. The maximum atomic E-state index is 9.43. The van der Waals surface area contributed by atoms with Gasteiger partial charge in [-0.05, 0) is 4.85 Å². The van der Waals surface area contributed by atoms with E-state index in [-0.39, 0.29) is 13.2 Å². The third kappa shape index (κ3) is 0.753. The minimum absolute atomic E-state index is 0.0996. The second-order valence-electron chi connectivity index (χ2n) is 3.03. The van der Waals surface area contributed by atoms with E-state index in [9.17, 15) is 10.2 Å². The van der Waals surface area contributed by atoms with E-state index in [0.717, 1.165) is 0 Å². The zero-order chi connectivity index (χ0) is 8.77. The number of fused-ring (bicyclic) bond motifs is 1. The Hall–Kier alpha value is -0.670. The highest BCUT2D eigenvalue weighted by molar-refractivity contribution is 5.13. The Morgan fingerprint density at radius 3 is 2.75 bits per heavy atom. The molecule has 12 heavy (non-hydrogen) atoms. The minimum Gasteiger partial charge on any atom is -0.388 e. The molecule has 0 bridgehead atoms. The lowest BCUT2D eigenvalue weighted by Crippen LogP contribution is -2.43. The molecule has 4 atom stereocenters. The van der Waals surface area contributed by atoms with Crippen LogP contribution in [0.4, 0.5) is 0 Å². The minimum atomic E-state index is -1.24. The van der Waals surface area contributed by atoms with E-state index >= 15 is 0 Å². The summed E-state index contributed by atoms with van der Waals surface area (Å²) < 4.78 is 10.2. The van der Waals surface area contributed by atoms with Crippen LogP contribution in [0.5, 0.6) is 0 Å². The van der Waals surface area contributed by atoms with Gasteiger partial charge in [0.15, 0.2) is 12.2 Å². The van der Waals surface area contributed by atoms with Gasteiger partial charge in [0.1, 0.15) is 6.10 Å². The van der Waals surface area contributed by atoms with E-state index in [1.165, 1.54) is 0 Å². The predicted molar refractivity (Wildman–Crippen MR) is 38.7 cm³/mol. The molecule has 5 nitrogen and oxygen atoms in total.